The lowest BCUT2D eigenvalue weighted by molar-refractivity contribution is 0.0779. The van der Waals surface area contributed by atoms with E-state index in [4.69, 9.17) is 0 Å². The zero-order valence-electron chi connectivity index (χ0n) is 6.71. The predicted octanol–water partition coefficient (Wildman–Crippen LogP) is 0.976. The summed E-state index contributed by atoms with van der Waals surface area (Å²) >= 11 is 0. The van der Waals surface area contributed by atoms with Crippen molar-refractivity contribution < 1.29 is 13.5 Å². The fraction of sp³-hybridized carbons (Fsp3) is 1.00. The fourth-order valence-corrected chi connectivity index (χ4v) is 1.70. The maximum atomic E-state index is 11.0. The Labute approximate surface area is 62.0 Å². The Kier molecular flexibility index (Phi) is 2.49. The Morgan fingerprint density at radius 2 is 1.50 bits per heavy atom. The van der Waals surface area contributed by atoms with Gasteiger partial charge in [0.1, 0.15) is 0 Å². The molecule has 0 fully saturated rings. The van der Waals surface area contributed by atoms with Crippen molar-refractivity contribution >= 4 is 9.84 Å². The summed E-state index contributed by atoms with van der Waals surface area (Å²) in [6.07, 6.45) is 0. The molecule has 3 nitrogen and oxygen atoms in total. The van der Waals surface area contributed by atoms with Gasteiger partial charge in [0.05, 0.1) is 5.25 Å². The van der Waals surface area contributed by atoms with Crippen molar-refractivity contribution in [3.8, 4) is 0 Å². The fourth-order valence-electron chi connectivity index (χ4n) is 0.568. The van der Waals surface area contributed by atoms with E-state index < -0.39 is 20.0 Å². The van der Waals surface area contributed by atoms with Crippen LogP contribution >= 0.6 is 0 Å². The van der Waals surface area contributed by atoms with E-state index in [9.17, 15) is 13.5 Å². The van der Waals surface area contributed by atoms with Gasteiger partial charge in [-0.15, -0.1) is 0 Å². The number of sulfone groups is 1. The molecule has 1 radical (unpaired) electrons. The number of rotatable bonds is 2. The minimum absolute atomic E-state index is 0.583. The average Bonchev–Trinajstić information content (AvgIpc) is 1.62. The van der Waals surface area contributed by atoms with Gasteiger partial charge < -0.3 is 0 Å². The molecule has 0 saturated carbocycles. The Bertz CT molecular complexity index is 196. The van der Waals surface area contributed by atoms with Gasteiger partial charge in [0.25, 0.3) is 0 Å². The summed E-state index contributed by atoms with van der Waals surface area (Å²) in [5.41, 5.74) is 0. The third kappa shape index (κ3) is 1.70. The van der Waals surface area contributed by atoms with Gasteiger partial charge in [-0.25, -0.2) is 13.5 Å². The highest BCUT2D eigenvalue weighted by molar-refractivity contribution is 7.93. The van der Waals surface area contributed by atoms with E-state index in [1.807, 2.05) is 0 Å². The SMILES string of the molecule is CC(C)S(=O)(=O)C(C)(C)[O]. The minimum atomic E-state index is -3.47. The Hall–Kier alpha value is -0.0900. The molecule has 61 valence electrons. The van der Waals surface area contributed by atoms with Crippen LogP contribution in [0.2, 0.25) is 0 Å². The molecule has 0 amide bonds. The van der Waals surface area contributed by atoms with Crippen molar-refractivity contribution in [2.75, 3.05) is 0 Å². The van der Waals surface area contributed by atoms with Gasteiger partial charge in [0.15, 0.2) is 14.8 Å². The molecule has 0 spiro atoms. The lowest BCUT2D eigenvalue weighted by Crippen LogP contribution is -2.35. The van der Waals surface area contributed by atoms with Gasteiger partial charge >= 0.3 is 0 Å². The van der Waals surface area contributed by atoms with E-state index in [0.29, 0.717) is 0 Å². The number of hydrogen-bond acceptors (Lipinski definition) is 2. The Balaban J connectivity index is 4.79. The summed E-state index contributed by atoms with van der Waals surface area (Å²) in [5, 5.41) is 10.4. The molecular formula is C6H13O3S. The summed E-state index contributed by atoms with van der Waals surface area (Å²) in [6.45, 7) is 5.36. The Morgan fingerprint density at radius 3 is 1.50 bits per heavy atom. The standard InChI is InChI=1S/C6H13O3S/c1-5(2)10(8,9)6(3,4)7/h5H,1-4H3. The van der Waals surface area contributed by atoms with Gasteiger partial charge in [0.2, 0.25) is 0 Å². The predicted molar refractivity (Wildman–Crippen MR) is 38.8 cm³/mol. The molecule has 0 N–H and O–H groups in total. The smallest absolute Gasteiger partial charge is 0.198 e. The highest BCUT2D eigenvalue weighted by Crippen LogP contribution is 2.17. The van der Waals surface area contributed by atoms with E-state index >= 15 is 0 Å². The third-order valence-corrected chi connectivity index (χ3v) is 3.92. The molecule has 0 aliphatic carbocycles. The van der Waals surface area contributed by atoms with Crippen LogP contribution in [0.4, 0.5) is 0 Å². The second-order valence-corrected chi connectivity index (χ2v) is 6.01. The molecular weight excluding hydrogens is 152 g/mol. The maximum absolute atomic E-state index is 11.0. The normalized spacial score (nSPS) is 14.2. The van der Waals surface area contributed by atoms with Crippen LogP contribution in [0.5, 0.6) is 0 Å². The second kappa shape index (κ2) is 2.51. The van der Waals surface area contributed by atoms with Crippen molar-refractivity contribution in [2.45, 2.75) is 37.9 Å². The zero-order chi connectivity index (χ0) is 8.58. The van der Waals surface area contributed by atoms with Crippen LogP contribution in [-0.4, -0.2) is 18.6 Å². The number of hydrogen-bond donors (Lipinski definition) is 0. The molecule has 0 aliphatic rings. The first kappa shape index (κ1) is 9.91. The molecule has 0 saturated heterocycles. The van der Waals surface area contributed by atoms with Crippen molar-refractivity contribution in [3.63, 3.8) is 0 Å². The largest absolute Gasteiger partial charge is 0.225 e. The quantitative estimate of drug-likeness (QED) is 0.612. The van der Waals surface area contributed by atoms with Crippen LogP contribution in [0.1, 0.15) is 27.7 Å². The molecule has 0 bridgehead atoms. The monoisotopic (exact) mass is 165 g/mol. The third-order valence-electron chi connectivity index (χ3n) is 1.31. The van der Waals surface area contributed by atoms with Gasteiger partial charge in [-0.3, -0.25) is 0 Å². The van der Waals surface area contributed by atoms with Crippen LogP contribution in [-0.2, 0) is 14.9 Å². The van der Waals surface area contributed by atoms with Gasteiger partial charge in [0, 0.05) is 0 Å². The summed E-state index contributed by atoms with van der Waals surface area (Å²) in [7, 11) is -3.47. The van der Waals surface area contributed by atoms with E-state index in [2.05, 4.69) is 0 Å². The van der Waals surface area contributed by atoms with Crippen LogP contribution in [0.15, 0.2) is 0 Å². The van der Waals surface area contributed by atoms with E-state index in [1.165, 1.54) is 27.7 Å². The molecule has 0 aromatic rings. The van der Waals surface area contributed by atoms with Crippen molar-refractivity contribution in [1.82, 2.24) is 0 Å². The van der Waals surface area contributed by atoms with Crippen LogP contribution in [0.25, 0.3) is 0 Å². The summed E-state index contributed by atoms with van der Waals surface area (Å²) in [4.78, 5) is -1.86. The van der Waals surface area contributed by atoms with Gasteiger partial charge in [-0.1, -0.05) is 0 Å². The summed E-state index contributed by atoms with van der Waals surface area (Å²) < 4.78 is 22.1. The highest BCUT2D eigenvalue weighted by atomic mass is 32.2. The molecule has 0 rings (SSSR count). The molecule has 0 aliphatic heterocycles. The first-order chi connectivity index (χ1) is 4.19. The molecule has 0 unspecified atom stereocenters. The van der Waals surface area contributed by atoms with Crippen LogP contribution in [0.3, 0.4) is 0 Å². The van der Waals surface area contributed by atoms with Gasteiger partial charge in [-0.2, -0.15) is 0 Å². The first-order valence-corrected chi connectivity index (χ1v) is 4.68. The molecule has 0 atom stereocenters. The average molecular weight is 165 g/mol. The summed E-state index contributed by atoms with van der Waals surface area (Å²) in [6, 6.07) is 0. The maximum Gasteiger partial charge on any atom is 0.198 e. The van der Waals surface area contributed by atoms with Crippen LogP contribution < -0.4 is 0 Å². The van der Waals surface area contributed by atoms with Crippen LogP contribution in [0, 0.1) is 0 Å². The van der Waals surface area contributed by atoms with E-state index in [1.54, 1.807) is 0 Å². The molecule has 0 aromatic carbocycles. The molecule has 10 heavy (non-hydrogen) atoms. The van der Waals surface area contributed by atoms with Crippen molar-refractivity contribution in [3.05, 3.63) is 0 Å². The minimum Gasteiger partial charge on any atom is -0.225 e. The lowest BCUT2D eigenvalue weighted by Gasteiger charge is -2.17. The Morgan fingerprint density at radius 1 is 1.20 bits per heavy atom. The first-order valence-electron chi connectivity index (χ1n) is 3.13. The lowest BCUT2D eigenvalue weighted by atomic mass is 10.5. The molecule has 0 heterocycles. The highest BCUT2D eigenvalue weighted by Gasteiger charge is 2.35. The molecule has 4 heteroatoms. The van der Waals surface area contributed by atoms with Gasteiger partial charge in [-0.05, 0) is 27.7 Å². The van der Waals surface area contributed by atoms with Crippen molar-refractivity contribution in [1.29, 1.82) is 0 Å². The molecule has 0 aromatic heterocycles. The topological polar surface area (TPSA) is 54.0 Å². The second-order valence-electron chi connectivity index (χ2n) is 2.99. The zero-order valence-corrected chi connectivity index (χ0v) is 7.53. The summed E-state index contributed by atoms with van der Waals surface area (Å²) in [5.74, 6) is 0. The van der Waals surface area contributed by atoms with E-state index in [-0.39, 0.29) is 0 Å². The van der Waals surface area contributed by atoms with Crippen molar-refractivity contribution in [2.24, 2.45) is 0 Å². The van der Waals surface area contributed by atoms with E-state index in [0.717, 1.165) is 0 Å².